The van der Waals surface area contributed by atoms with Gasteiger partial charge in [-0.2, -0.15) is 10.2 Å². The molecule has 0 spiro atoms. The van der Waals surface area contributed by atoms with Crippen molar-refractivity contribution >= 4 is 83.8 Å². The van der Waals surface area contributed by atoms with Crippen LogP contribution in [0.1, 0.15) is 41.4 Å². The summed E-state index contributed by atoms with van der Waals surface area (Å²) in [5.41, 5.74) is 3.49. The average molecular weight is 571 g/mol. The smallest absolute Gasteiger partial charge is 0.265 e. The first-order chi connectivity index (χ1) is 21.5. The Bertz CT molecular complexity index is 2370. The van der Waals surface area contributed by atoms with Gasteiger partial charge in [-0.05, 0) is 93.0 Å². The van der Waals surface area contributed by atoms with E-state index in [1.165, 1.54) is 4.90 Å². The molecule has 0 aromatic heterocycles. The van der Waals surface area contributed by atoms with E-state index in [-0.39, 0.29) is 0 Å². The number of rotatable bonds is 3. The second-order valence-corrected chi connectivity index (χ2v) is 10.9. The van der Waals surface area contributed by atoms with Crippen LogP contribution in [0.15, 0.2) is 113 Å². The maximum atomic E-state index is 14.0. The lowest BCUT2D eigenvalue weighted by molar-refractivity contribution is 0.0840. The molecule has 0 bridgehead atoms. The summed E-state index contributed by atoms with van der Waals surface area (Å²) in [5, 5.41) is 17.1. The van der Waals surface area contributed by atoms with Gasteiger partial charge in [-0.1, -0.05) is 42.5 Å². The number of imide groups is 2. The molecule has 0 atom stereocenters. The number of azo groups is 1. The van der Waals surface area contributed by atoms with Gasteiger partial charge in [0.1, 0.15) is 0 Å². The van der Waals surface area contributed by atoms with E-state index in [0.717, 1.165) is 38.0 Å². The third kappa shape index (κ3) is 3.16. The highest BCUT2D eigenvalue weighted by Crippen LogP contribution is 2.46. The van der Waals surface area contributed by atoms with Crippen LogP contribution in [0.3, 0.4) is 0 Å². The predicted octanol–water partition coefficient (Wildman–Crippen LogP) is 7.84. The molecule has 0 saturated heterocycles. The average Bonchev–Trinajstić information content (AvgIpc) is 3.05. The summed E-state index contributed by atoms with van der Waals surface area (Å²) in [5.74, 6) is -1.68. The Labute approximate surface area is 248 Å². The number of carbonyl (C=O) groups excluding carboxylic acids is 4. The summed E-state index contributed by atoms with van der Waals surface area (Å²) in [4.78, 5) is 54.5. The van der Waals surface area contributed by atoms with Crippen LogP contribution in [0, 0.1) is 0 Å². The van der Waals surface area contributed by atoms with Crippen LogP contribution in [0.2, 0.25) is 0 Å². The van der Waals surface area contributed by atoms with E-state index in [0.29, 0.717) is 44.4 Å². The van der Waals surface area contributed by atoms with Crippen LogP contribution in [0.25, 0.3) is 43.1 Å². The first-order valence-electron chi connectivity index (χ1n) is 14.0. The highest BCUT2D eigenvalue weighted by molar-refractivity contribution is 6.43. The molecule has 8 heteroatoms. The van der Waals surface area contributed by atoms with Crippen molar-refractivity contribution in [2.24, 2.45) is 10.2 Å². The number of nitrogens with one attached hydrogen (secondary N) is 1. The predicted molar refractivity (Wildman–Crippen MR) is 168 cm³/mol. The summed E-state index contributed by atoms with van der Waals surface area (Å²) >= 11 is 0. The molecular formula is C36H18N4O4. The molecule has 2 heterocycles. The molecule has 7 aromatic rings. The highest BCUT2D eigenvalue weighted by atomic mass is 16.2. The molecule has 0 radical (unpaired) electrons. The molecule has 0 unspecified atom stereocenters. The molecule has 9 rings (SSSR count). The molecule has 0 fully saturated rings. The van der Waals surface area contributed by atoms with Crippen molar-refractivity contribution in [1.29, 1.82) is 0 Å². The second kappa shape index (κ2) is 8.62. The van der Waals surface area contributed by atoms with Gasteiger partial charge in [-0.3, -0.25) is 24.5 Å². The second-order valence-electron chi connectivity index (χ2n) is 10.9. The van der Waals surface area contributed by atoms with E-state index < -0.39 is 23.6 Å². The third-order valence-electron chi connectivity index (χ3n) is 8.63. The molecule has 0 saturated carbocycles. The quantitative estimate of drug-likeness (QED) is 0.101. The summed E-state index contributed by atoms with van der Waals surface area (Å²) < 4.78 is 0. The summed E-state index contributed by atoms with van der Waals surface area (Å²) in [6, 6.07) is 30.7. The molecular weight excluding hydrogens is 552 g/mol. The monoisotopic (exact) mass is 570 g/mol. The van der Waals surface area contributed by atoms with Gasteiger partial charge < -0.3 is 0 Å². The normalized spacial score (nSPS) is 14.6. The zero-order chi connectivity index (χ0) is 29.7. The van der Waals surface area contributed by atoms with Gasteiger partial charge in [-0.15, -0.1) is 0 Å². The van der Waals surface area contributed by atoms with E-state index >= 15 is 0 Å². The van der Waals surface area contributed by atoms with Crippen LogP contribution in [-0.4, -0.2) is 23.6 Å². The van der Waals surface area contributed by atoms with Gasteiger partial charge in [0.05, 0.1) is 17.1 Å². The van der Waals surface area contributed by atoms with E-state index in [9.17, 15) is 19.2 Å². The minimum Gasteiger partial charge on any atom is -0.288 e. The first kappa shape index (κ1) is 24.3. The largest absolute Gasteiger partial charge is 0.288 e. The third-order valence-corrected chi connectivity index (χ3v) is 8.63. The van der Waals surface area contributed by atoms with E-state index in [1.54, 1.807) is 48.5 Å². The zero-order valence-corrected chi connectivity index (χ0v) is 22.8. The number of fused-ring (bicyclic) bond motifs is 2. The van der Waals surface area contributed by atoms with E-state index in [1.807, 2.05) is 54.6 Å². The number of anilines is 1. The number of amides is 4. The Morgan fingerprint density at radius 1 is 0.432 bits per heavy atom. The fraction of sp³-hybridized carbons (Fsp3) is 0. The van der Waals surface area contributed by atoms with Gasteiger partial charge in [0, 0.05) is 33.0 Å². The summed E-state index contributed by atoms with van der Waals surface area (Å²) in [6.45, 7) is 0. The lowest BCUT2D eigenvalue weighted by atomic mass is 9.82. The standard InChI is InChI=1S/C36H18N4O4/c41-33-25-14-10-21-23-12-16-27-32-28(17-13-24(30(23)32)22-11-15-26(34(42)37-33)31(25)29(21)22)36(44)40(35(27)43)20-8-6-19(7-9-20)39-38-18-4-2-1-3-5-18/h1-17H,(H,37,41,42). The Hall–Kier alpha value is -6.28. The molecule has 7 aromatic carbocycles. The lowest BCUT2D eigenvalue weighted by Gasteiger charge is -2.29. The van der Waals surface area contributed by atoms with Crippen molar-refractivity contribution in [1.82, 2.24) is 5.32 Å². The van der Waals surface area contributed by atoms with Crippen LogP contribution < -0.4 is 10.2 Å². The Kier molecular flexibility index (Phi) is 4.77. The minimum absolute atomic E-state index is 0.414. The van der Waals surface area contributed by atoms with Gasteiger partial charge in [0.2, 0.25) is 0 Å². The number of carbonyl (C=O) groups is 4. The zero-order valence-electron chi connectivity index (χ0n) is 22.8. The maximum absolute atomic E-state index is 14.0. The summed E-state index contributed by atoms with van der Waals surface area (Å²) in [6.07, 6.45) is 0. The van der Waals surface area contributed by atoms with Crippen molar-refractivity contribution in [2.45, 2.75) is 0 Å². The van der Waals surface area contributed by atoms with Crippen molar-refractivity contribution in [2.75, 3.05) is 4.90 Å². The molecule has 8 nitrogen and oxygen atoms in total. The Morgan fingerprint density at radius 2 is 0.864 bits per heavy atom. The van der Waals surface area contributed by atoms with Crippen molar-refractivity contribution in [3.8, 4) is 0 Å². The lowest BCUT2D eigenvalue weighted by Crippen LogP contribution is -2.40. The fourth-order valence-electron chi connectivity index (χ4n) is 6.71. The van der Waals surface area contributed by atoms with E-state index in [4.69, 9.17) is 0 Å². The maximum Gasteiger partial charge on any atom is 0.265 e. The van der Waals surface area contributed by atoms with E-state index in [2.05, 4.69) is 15.5 Å². The van der Waals surface area contributed by atoms with Crippen molar-refractivity contribution in [3.63, 3.8) is 0 Å². The van der Waals surface area contributed by atoms with Crippen LogP contribution >= 0.6 is 0 Å². The van der Waals surface area contributed by atoms with Gasteiger partial charge in [0.25, 0.3) is 23.6 Å². The van der Waals surface area contributed by atoms with Crippen molar-refractivity contribution < 1.29 is 19.2 Å². The molecule has 44 heavy (non-hydrogen) atoms. The molecule has 206 valence electrons. The molecule has 0 aliphatic carbocycles. The first-order valence-corrected chi connectivity index (χ1v) is 14.0. The Balaban J connectivity index is 1.21. The molecule has 2 aliphatic heterocycles. The van der Waals surface area contributed by atoms with Gasteiger partial charge in [-0.25, -0.2) is 4.90 Å². The minimum atomic E-state index is -0.425. The number of hydrogen-bond donors (Lipinski definition) is 1. The topological polar surface area (TPSA) is 108 Å². The SMILES string of the molecule is O=C1NC(=O)c2ccc3c4ccc5c6c(ccc(c7ccc1c2c73)c64)C(=O)N(c1ccc(N=Nc2ccccc2)cc1)C5=O. The van der Waals surface area contributed by atoms with Crippen molar-refractivity contribution in [3.05, 3.63) is 125 Å². The molecule has 4 amide bonds. The number of hydrogen-bond acceptors (Lipinski definition) is 6. The summed E-state index contributed by atoms with van der Waals surface area (Å²) in [7, 11) is 0. The van der Waals surface area contributed by atoms with Crippen LogP contribution in [0.5, 0.6) is 0 Å². The Morgan fingerprint density at radius 3 is 1.36 bits per heavy atom. The number of benzene rings is 7. The van der Waals surface area contributed by atoms with Gasteiger partial charge in [0.15, 0.2) is 0 Å². The van der Waals surface area contributed by atoms with Crippen LogP contribution in [-0.2, 0) is 0 Å². The fourth-order valence-corrected chi connectivity index (χ4v) is 6.71. The highest BCUT2D eigenvalue weighted by Gasteiger charge is 2.36. The van der Waals surface area contributed by atoms with Crippen LogP contribution in [0.4, 0.5) is 17.1 Å². The molecule has 2 aliphatic rings. The van der Waals surface area contributed by atoms with Gasteiger partial charge >= 0.3 is 0 Å². The number of nitrogens with zero attached hydrogens (tertiary/aromatic N) is 3. The molecule has 1 N–H and O–H groups in total.